The van der Waals surface area contributed by atoms with Crippen LogP contribution < -0.4 is 5.73 Å². The van der Waals surface area contributed by atoms with Crippen molar-refractivity contribution in [3.8, 4) is 11.3 Å². The molecule has 0 saturated heterocycles. The maximum absolute atomic E-state index is 13.0. The van der Waals surface area contributed by atoms with Crippen LogP contribution >= 0.6 is 11.6 Å². The summed E-state index contributed by atoms with van der Waals surface area (Å²) in [5, 5.41) is 0.465. The van der Waals surface area contributed by atoms with Gasteiger partial charge in [-0.15, -0.1) is 0 Å². The average Bonchev–Trinajstić information content (AvgIpc) is 2.17. The van der Waals surface area contributed by atoms with Crippen LogP contribution in [-0.4, -0.2) is 4.98 Å². The summed E-state index contributed by atoms with van der Waals surface area (Å²) in [5.41, 5.74) is 7.36. The number of anilines is 1. The van der Waals surface area contributed by atoms with Crippen LogP contribution in [0.1, 0.15) is 0 Å². The minimum atomic E-state index is -0.316. The third-order valence-corrected chi connectivity index (χ3v) is 2.19. The molecule has 76 valence electrons. The zero-order chi connectivity index (χ0) is 10.8. The molecule has 0 unspecified atom stereocenters. The maximum atomic E-state index is 13.0. The highest BCUT2D eigenvalue weighted by Crippen LogP contribution is 2.25. The summed E-state index contributed by atoms with van der Waals surface area (Å²) >= 11 is 5.72. The highest BCUT2D eigenvalue weighted by Gasteiger charge is 2.05. The number of nitrogens with zero attached hydrogens (tertiary/aromatic N) is 1. The summed E-state index contributed by atoms with van der Waals surface area (Å²) in [5.74, 6) is -0.316. The SMILES string of the molecule is Nc1cc(Cl)cnc1-c1cccc(F)c1. The Morgan fingerprint density at radius 2 is 2.07 bits per heavy atom. The molecule has 2 nitrogen and oxygen atoms in total. The van der Waals surface area contributed by atoms with E-state index in [4.69, 9.17) is 17.3 Å². The molecule has 0 aliphatic rings. The molecule has 0 fully saturated rings. The molecule has 0 atom stereocenters. The molecule has 0 aliphatic heterocycles. The maximum Gasteiger partial charge on any atom is 0.123 e. The fourth-order valence-corrected chi connectivity index (χ4v) is 1.50. The van der Waals surface area contributed by atoms with E-state index in [0.29, 0.717) is 22.0 Å². The second-order valence-corrected chi connectivity index (χ2v) is 3.54. The second-order valence-electron chi connectivity index (χ2n) is 3.10. The molecule has 0 bridgehead atoms. The lowest BCUT2D eigenvalue weighted by Gasteiger charge is -2.04. The molecule has 2 rings (SSSR count). The molecule has 15 heavy (non-hydrogen) atoms. The molecule has 1 aromatic carbocycles. The van der Waals surface area contributed by atoms with E-state index < -0.39 is 0 Å². The minimum Gasteiger partial charge on any atom is -0.397 e. The van der Waals surface area contributed by atoms with Gasteiger partial charge in [0, 0.05) is 11.8 Å². The van der Waals surface area contributed by atoms with Crippen molar-refractivity contribution >= 4 is 17.3 Å². The van der Waals surface area contributed by atoms with Crippen LogP contribution in [-0.2, 0) is 0 Å². The van der Waals surface area contributed by atoms with E-state index in [1.807, 2.05) is 0 Å². The van der Waals surface area contributed by atoms with Crippen LogP contribution in [0.5, 0.6) is 0 Å². The Labute approximate surface area is 91.5 Å². The molecule has 0 spiro atoms. The van der Waals surface area contributed by atoms with Crippen LogP contribution in [0.4, 0.5) is 10.1 Å². The van der Waals surface area contributed by atoms with Gasteiger partial charge in [0.05, 0.1) is 16.4 Å². The predicted octanol–water partition coefficient (Wildman–Crippen LogP) is 3.12. The Hall–Kier alpha value is -1.61. The number of halogens is 2. The topological polar surface area (TPSA) is 38.9 Å². The first-order valence-corrected chi connectivity index (χ1v) is 4.71. The Morgan fingerprint density at radius 1 is 1.27 bits per heavy atom. The lowest BCUT2D eigenvalue weighted by atomic mass is 10.1. The smallest absolute Gasteiger partial charge is 0.123 e. The molecule has 1 heterocycles. The molecule has 4 heteroatoms. The van der Waals surface area contributed by atoms with Gasteiger partial charge in [0.1, 0.15) is 5.82 Å². The lowest BCUT2D eigenvalue weighted by Crippen LogP contribution is -1.93. The number of benzene rings is 1. The summed E-state index contributed by atoms with van der Waals surface area (Å²) in [6, 6.07) is 7.70. The summed E-state index contributed by atoms with van der Waals surface area (Å²) in [6.07, 6.45) is 1.48. The van der Waals surface area contributed by atoms with Gasteiger partial charge in [-0.05, 0) is 18.2 Å². The van der Waals surface area contributed by atoms with Crippen molar-refractivity contribution in [1.29, 1.82) is 0 Å². The third kappa shape index (κ3) is 2.07. The molecule has 2 N–H and O–H groups in total. The van der Waals surface area contributed by atoms with Crippen molar-refractivity contribution in [2.45, 2.75) is 0 Å². The van der Waals surface area contributed by atoms with E-state index in [2.05, 4.69) is 4.98 Å². The number of hydrogen-bond acceptors (Lipinski definition) is 2. The zero-order valence-electron chi connectivity index (χ0n) is 7.74. The van der Waals surface area contributed by atoms with Gasteiger partial charge in [-0.25, -0.2) is 4.39 Å². The summed E-state index contributed by atoms with van der Waals surface area (Å²) in [6.45, 7) is 0. The Bertz CT molecular complexity index is 500. The standard InChI is InChI=1S/C11H8ClFN2/c12-8-5-10(14)11(15-6-8)7-2-1-3-9(13)4-7/h1-6H,14H2. The molecule has 0 radical (unpaired) electrons. The Balaban J connectivity index is 2.54. The van der Waals surface area contributed by atoms with Crippen molar-refractivity contribution in [2.75, 3.05) is 5.73 Å². The van der Waals surface area contributed by atoms with Crippen LogP contribution in [0.15, 0.2) is 36.5 Å². The van der Waals surface area contributed by atoms with Crippen LogP contribution in [0.3, 0.4) is 0 Å². The van der Waals surface area contributed by atoms with E-state index in [1.165, 1.54) is 18.3 Å². The molecule has 0 aliphatic carbocycles. The van der Waals surface area contributed by atoms with Gasteiger partial charge in [-0.1, -0.05) is 23.7 Å². The number of hydrogen-bond donors (Lipinski definition) is 1. The van der Waals surface area contributed by atoms with Gasteiger partial charge in [-0.3, -0.25) is 4.98 Å². The third-order valence-electron chi connectivity index (χ3n) is 1.98. The first-order valence-electron chi connectivity index (χ1n) is 4.34. The largest absolute Gasteiger partial charge is 0.397 e. The molecule has 2 aromatic rings. The summed E-state index contributed by atoms with van der Waals surface area (Å²) in [4.78, 5) is 4.07. The minimum absolute atomic E-state index is 0.316. The second kappa shape index (κ2) is 3.87. The van der Waals surface area contributed by atoms with Gasteiger partial charge in [-0.2, -0.15) is 0 Å². The van der Waals surface area contributed by atoms with Crippen LogP contribution in [0, 0.1) is 5.82 Å². The van der Waals surface area contributed by atoms with Gasteiger partial charge < -0.3 is 5.73 Å². The van der Waals surface area contributed by atoms with Crippen molar-refractivity contribution < 1.29 is 4.39 Å². The van der Waals surface area contributed by atoms with Crippen molar-refractivity contribution in [1.82, 2.24) is 4.98 Å². The van der Waals surface area contributed by atoms with E-state index in [1.54, 1.807) is 18.2 Å². The van der Waals surface area contributed by atoms with E-state index in [0.717, 1.165) is 0 Å². The fraction of sp³-hybridized carbons (Fsp3) is 0. The average molecular weight is 223 g/mol. The van der Waals surface area contributed by atoms with Crippen LogP contribution in [0.25, 0.3) is 11.3 Å². The first kappa shape index (κ1) is 9.93. The Kier molecular flexibility index (Phi) is 2.56. The lowest BCUT2D eigenvalue weighted by molar-refractivity contribution is 0.628. The quantitative estimate of drug-likeness (QED) is 0.805. The first-order chi connectivity index (χ1) is 7.16. The number of pyridine rings is 1. The van der Waals surface area contributed by atoms with Crippen molar-refractivity contribution in [2.24, 2.45) is 0 Å². The number of rotatable bonds is 1. The molecule has 0 saturated carbocycles. The van der Waals surface area contributed by atoms with Gasteiger partial charge in [0.25, 0.3) is 0 Å². The van der Waals surface area contributed by atoms with Crippen molar-refractivity contribution in [3.63, 3.8) is 0 Å². The highest BCUT2D eigenvalue weighted by atomic mass is 35.5. The van der Waals surface area contributed by atoms with Crippen LogP contribution in [0.2, 0.25) is 5.02 Å². The molecule has 1 aromatic heterocycles. The Morgan fingerprint density at radius 3 is 2.73 bits per heavy atom. The fourth-order valence-electron chi connectivity index (χ4n) is 1.33. The van der Waals surface area contributed by atoms with E-state index in [9.17, 15) is 4.39 Å². The highest BCUT2D eigenvalue weighted by molar-refractivity contribution is 6.30. The van der Waals surface area contributed by atoms with E-state index >= 15 is 0 Å². The summed E-state index contributed by atoms with van der Waals surface area (Å²) in [7, 11) is 0. The molecular formula is C11H8ClFN2. The van der Waals surface area contributed by atoms with E-state index in [-0.39, 0.29) is 5.82 Å². The predicted molar refractivity (Wildman–Crippen MR) is 59.1 cm³/mol. The molecular weight excluding hydrogens is 215 g/mol. The van der Waals surface area contributed by atoms with Gasteiger partial charge in [0.15, 0.2) is 0 Å². The van der Waals surface area contributed by atoms with Gasteiger partial charge >= 0.3 is 0 Å². The molecule has 0 amide bonds. The number of nitrogens with two attached hydrogens (primary N) is 1. The zero-order valence-corrected chi connectivity index (χ0v) is 8.50. The summed E-state index contributed by atoms with van der Waals surface area (Å²) < 4.78 is 13.0. The number of aromatic nitrogens is 1. The number of nitrogen functional groups attached to an aromatic ring is 1. The van der Waals surface area contributed by atoms with Gasteiger partial charge in [0.2, 0.25) is 0 Å². The normalized spacial score (nSPS) is 10.3. The van der Waals surface area contributed by atoms with Crippen molar-refractivity contribution in [3.05, 3.63) is 47.4 Å². The monoisotopic (exact) mass is 222 g/mol.